The number of unbranched alkanes of at least 4 members (excludes halogenated alkanes) is 12. The predicted octanol–water partition coefficient (Wildman–Crippen LogP) is 8.55. The molecule has 0 rings (SSSR count). The Kier molecular flexibility index (Phi) is 23.8. The fourth-order valence-electron chi connectivity index (χ4n) is 4.17. The van der Waals surface area contributed by atoms with E-state index in [0.29, 0.717) is 38.4 Å². The van der Waals surface area contributed by atoms with Gasteiger partial charge in [0.15, 0.2) is 0 Å². The molecule has 0 atom stereocenters. The molecule has 0 unspecified atom stereocenters. The van der Waals surface area contributed by atoms with Crippen LogP contribution >= 0.6 is 0 Å². The monoisotopic (exact) mass is 454 g/mol. The van der Waals surface area contributed by atoms with Gasteiger partial charge < -0.3 is 9.47 Å². The summed E-state index contributed by atoms with van der Waals surface area (Å²) in [6.07, 6.45) is 22.6. The topological polar surface area (TPSA) is 52.6 Å². The number of ether oxygens (including phenoxy) is 2. The van der Waals surface area contributed by atoms with Crippen LogP contribution in [0.25, 0.3) is 0 Å². The highest BCUT2D eigenvalue weighted by Gasteiger charge is 2.11. The summed E-state index contributed by atoms with van der Waals surface area (Å²) in [6, 6.07) is 0. The van der Waals surface area contributed by atoms with Gasteiger partial charge in [0.25, 0.3) is 0 Å². The average Bonchev–Trinajstić information content (AvgIpc) is 2.78. The van der Waals surface area contributed by atoms with E-state index in [9.17, 15) is 9.59 Å². The Morgan fingerprint density at radius 1 is 0.531 bits per heavy atom. The lowest BCUT2D eigenvalue weighted by atomic mass is 9.99. The minimum atomic E-state index is -0.188. The molecule has 0 saturated heterocycles. The van der Waals surface area contributed by atoms with Crippen molar-refractivity contribution in [2.45, 2.75) is 149 Å². The molecule has 32 heavy (non-hydrogen) atoms. The summed E-state index contributed by atoms with van der Waals surface area (Å²) in [6.45, 7) is 7.62. The minimum absolute atomic E-state index is 0.188. The Morgan fingerprint density at radius 3 is 1.44 bits per heavy atom. The summed E-state index contributed by atoms with van der Waals surface area (Å²) in [7, 11) is 0. The second kappa shape index (κ2) is 24.6. The van der Waals surface area contributed by atoms with Crippen LogP contribution in [-0.4, -0.2) is 25.2 Å². The fourth-order valence-corrected chi connectivity index (χ4v) is 4.17. The first-order valence-electron chi connectivity index (χ1n) is 13.9. The van der Waals surface area contributed by atoms with Gasteiger partial charge in [-0.3, -0.25) is 9.59 Å². The van der Waals surface area contributed by atoms with E-state index in [1.54, 1.807) is 0 Å². The first-order valence-corrected chi connectivity index (χ1v) is 13.9. The number of rotatable bonds is 24. The van der Waals surface area contributed by atoms with Crippen LogP contribution < -0.4 is 0 Å². The lowest BCUT2D eigenvalue weighted by Gasteiger charge is -2.15. The third kappa shape index (κ3) is 22.1. The fraction of sp³-hybridized carbons (Fsp3) is 0.929. The summed E-state index contributed by atoms with van der Waals surface area (Å²) in [5, 5.41) is 0. The SMILES string of the molecule is CCCCCCCCCCCCCCCOC(=O)CCCC(=O)OCC(CCC)CCC. The molecule has 0 heterocycles. The average molecular weight is 455 g/mol. The van der Waals surface area contributed by atoms with Crippen LogP contribution in [0, 0.1) is 5.92 Å². The van der Waals surface area contributed by atoms with Gasteiger partial charge in [0, 0.05) is 12.8 Å². The van der Waals surface area contributed by atoms with Gasteiger partial charge in [-0.05, 0) is 31.6 Å². The van der Waals surface area contributed by atoms with E-state index in [4.69, 9.17) is 9.47 Å². The molecular formula is C28H54O4. The summed E-state index contributed by atoms with van der Waals surface area (Å²) < 4.78 is 10.7. The Balaban J connectivity index is 3.41. The van der Waals surface area contributed by atoms with E-state index in [2.05, 4.69) is 20.8 Å². The van der Waals surface area contributed by atoms with Crippen molar-refractivity contribution >= 4 is 11.9 Å². The van der Waals surface area contributed by atoms with Crippen LogP contribution in [-0.2, 0) is 19.1 Å². The molecule has 0 aromatic heterocycles. The third-order valence-electron chi connectivity index (χ3n) is 6.15. The molecule has 0 amide bonds. The van der Waals surface area contributed by atoms with Crippen LogP contribution in [0.15, 0.2) is 0 Å². The maximum atomic E-state index is 11.9. The first-order chi connectivity index (χ1) is 15.6. The number of hydrogen-bond donors (Lipinski definition) is 0. The van der Waals surface area contributed by atoms with Crippen molar-refractivity contribution < 1.29 is 19.1 Å². The molecule has 0 aliphatic heterocycles. The molecule has 0 fully saturated rings. The predicted molar refractivity (Wildman–Crippen MR) is 135 cm³/mol. The molecule has 190 valence electrons. The molecule has 0 aromatic carbocycles. The van der Waals surface area contributed by atoms with Crippen LogP contribution in [0.4, 0.5) is 0 Å². The number of carbonyl (C=O) groups excluding carboxylic acids is 2. The molecule has 4 heteroatoms. The maximum absolute atomic E-state index is 11.9. The lowest BCUT2D eigenvalue weighted by molar-refractivity contribution is -0.146. The first kappa shape index (κ1) is 30.9. The van der Waals surface area contributed by atoms with Gasteiger partial charge in [-0.15, -0.1) is 0 Å². The largest absolute Gasteiger partial charge is 0.466 e. The highest BCUT2D eigenvalue weighted by Crippen LogP contribution is 2.15. The number of carbonyl (C=O) groups is 2. The number of esters is 2. The van der Waals surface area contributed by atoms with Crippen molar-refractivity contribution in [2.24, 2.45) is 5.92 Å². The molecular weight excluding hydrogens is 400 g/mol. The number of hydrogen-bond acceptors (Lipinski definition) is 4. The van der Waals surface area contributed by atoms with Crippen molar-refractivity contribution in [3.05, 3.63) is 0 Å². The standard InChI is InChI=1S/C28H54O4/c1-4-7-8-9-10-11-12-13-14-15-16-17-18-24-31-27(29)22-19-23-28(30)32-25-26(20-5-2)21-6-3/h26H,4-25H2,1-3H3. The second-order valence-corrected chi connectivity index (χ2v) is 9.44. The van der Waals surface area contributed by atoms with E-state index < -0.39 is 0 Å². The minimum Gasteiger partial charge on any atom is -0.466 e. The summed E-state index contributed by atoms with van der Waals surface area (Å²) in [5.41, 5.74) is 0. The van der Waals surface area contributed by atoms with Crippen molar-refractivity contribution in [1.29, 1.82) is 0 Å². The van der Waals surface area contributed by atoms with E-state index in [1.807, 2.05) is 0 Å². The molecule has 0 aliphatic carbocycles. The summed E-state index contributed by atoms with van der Waals surface area (Å²) in [4.78, 5) is 23.7. The van der Waals surface area contributed by atoms with Gasteiger partial charge in [-0.2, -0.15) is 0 Å². The quantitative estimate of drug-likeness (QED) is 0.108. The van der Waals surface area contributed by atoms with Crippen LogP contribution in [0.3, 0.4) is 0 Å². The second-order valence-electron chi connectivity index (χ2n) is 9.44. The van der Waals surface area contributed by atoms with Gasteiger partial charge in [-0.1, -0.05) is 111 Å². The van der Waals surface area contributed by atoms with Gasteiger partial charge >= 0.3 is 11.9 Å². The summed E-state index contributed by atoms with van der Waals surface area (Å²) in [5.74, 6) is 0.0947. The Hall–Kier alpha value is -1.06. The van der Waals surface area contributed by atoms with Crippen molar-refractivity contribution in [2.75, 3.05) is 13.2 Å². The lowest BCUT2D eigenvalue weighted by Crippen LogP contribution is -2.14. The van der Waals surface area contributed by atoms with E-state index >= 15 is 0 Å². The van der Waals surface area contributed by atoms with Gasteiger partial charge in [0.1, 0.15) is 0 Å². The van der Waals surface area contributed by atoms with E-state index in [-0.39, 0.29) is 11.9 Å². The molecule has 0 bridgehead atoms. The Morgan fingerprint density at radius 2 is 0.969 bits per heavy atom. The van der Waals surface area contributed by atoms with Crippen molar-refractivity contribution in [3.63, 3.8) is 0 Å². The molecule has 0 aliphatic rings. The zero-order chi connectivity index (χ0) is 23.7. The zero-order valence-corrected chi connectivity index (χ0v) is 21.8. The molecule has 0 radical (unpaired) electrons. The molecule has 0 N–H and O–H groups in total. The van der Waals surface area contributed by atoms with Crippen molar-refractivity contribution in [1.82, 2.24) is 0 Å². The zero-order valence-electron chi connectivity index (χ0n) is 21.8. The van der Waals surface area contributed by atoms with Crippen LogP contribution in [0.2, 0.25) is 0 Å². The van der Waals surface area contributed by atoms with E-state index in [0.717, 1.165) is 38.5 Å². The molecule has 0 aromatic rings. The normalized spacial score (nSPS) is 11.1. The van der Waals surface area contributed by atoms with Gasteiger partial charge in [-0.25, -0.2) is 0 Å². The van der Waals surface area contributed by atoms with E-state index in [1.165, 1.54) is 70.6 Å². The Bertz CT molecular complexity index is 416. The smallest absolute Gasteiger partial charge is 0.305 e. The molecule has 0 spiro atoms. The highest BCUT2D eigenvalue weighted by atomic mass is 16.5. The maximum Gasteiger partial charge on any atom is 0.305 e. The summed E-state index contributed by atoms with van der Waals surface area (Å²) >= 11 is 0. The highest BCUT2D eigenvalue weighted by molar-refractivity contribution is 5.72. The van der Waals surface area contributed by atoms with Gasteiger partial charge in [0.2, 0.25) is 0 Å². The van der Waals surface area contributed by atoms with Crippen LogP contribution in [0.1, 0.15) is 149 Å². The Labute approximate surface area is 199 Å². The third-order valence-corrected chi connectivity index (χ3v) is 6.15. The van der Waals surface area contributed by atoms with Crippen LogP contribution in [0.5, 0.6) is 0 Å². The van der Waals surface area contributed by atoms with Gasteiger partial charge in [0.05, 0.1) is 13.2 Å². The molecule has 4 nitrogen and oxygen atoms in total. The van der Waals surface area contributed by atoms with Crippen molar-refractivity contribution in [3.8, 4) is 0 Å². The molecule has 0 saturated carbocycles.